The molecular formula is C24H36ClN3O4Si. The highest BCUT2D eigenvalue weighted by Gasteiger charge is 2.27. The number of amides is 1. The van der Waals surface area contributed by atoms with Crippen LogP contribution in [0, 0.1) is 0 Å². The van der Waals surface area contributed by atoms with Crippen molar-refractivity contribution in [2.75, 3.05) is 13.2 Å². The predicted molar refractivity (Wildman–Crippen MR) is 132 cm³/mol. The van der Waals surface area contributed by atoms with Gasteiger partial charge in [0.1, 0.15) is 24.7 Å². The fourth-order valence-electron chi connectivity index (χ4n) is 3.43. The van der Waals surface area contributed by atoms with Crippen molar-refractivity contribution in [1.82, 2.24) is 14.7 Å². The van der Waals surface area contributed by atoms with E-state index in [0.29, 0.717) is 43.6 Å². The van der Waals surface area contributed by atoms with E-state index in [4.69, 9.17) is 25.8 Å². The zero-order chi connectivity index (χ0) is 24.2. The van der Waals surface area contributed by atoms with E-state index in [1.807, 2.05) is 39.1 Å². The number of carbonyl (C=O) groups is 1. The third kappa shape index (κ3) is 7.76. The first-order chi connectivity index (χ1) is 15.4. The van der Waals surface area contributed by atoms with Gasteiger partial charge in [-0.1, -0.05) is 37.3 Å². The maximum Gasteiger partial charge on any atom is 0.410 e. The molecule has 9 heteroatoms. The number of halogens is 1. The maximum atomic E-state index is 12.4. The van der Waals surface area contributed by atoms with Crippen molar-refractivity contribution in [2.45, 2.75) is 78.4 Å². The smallest absolute Gasteiger partial charge is 0.410 e. The lowest BCUT2D eigenvalue weighted by atomic mass is 9.99. The summed E-state index contributed by atoms with van der Waals surface area (Å²) >= 11 is 6.66. The first-order valence-electron chi connectivity index (χ1n) is 11.4. The van der Waals surface area contributed by atoms with Gasteiger partial charge in [0.25, 0.3) is 0 Å². The summed E-state index contributed by atoms with van der Waals surface area (Å²) in [5, 5.41) is 4.96. The van der Waals surface area contributed by atoms with Gasteiger partial charge in [-0.2, -0.15) is 5.10 Å². The lowest BCUT2D eigenvalue weighted by Crippen LogP contribution is -2.40. The normalized spacial score (nSPS) is 14.2. The Bertz CT molecular complexity index is 966. The van der Waals surface area contributed by atoms with Gasteiger partial charge in [-0.25, -0.2) is 9.48 Å². The van der Waals surface area contributed by atoms with E-state index in [2.05, 4.69) is 24.7 Å². The van der Waals surface area contributed by atoms with Crippen LogP contribution in [0.2, 0.25) is 30.7 Å². The number of hydrogen-bond acceptors (Lipinski definition) is 5. The Morgan fingerprint density at radius 2 is 2.00 bits per heavy atom. The molecule has 1 amide bonds. The standard InChI is InChI=1S/C24H36ClN3O4Si/c1-24(2,3)32-23(29)27-10-9-20-19(15-27)7-8-21(22(20)25)31-16-18-13-26-28(14-18)17-30-11-12-33(4,5)6/h7-8,13-14H,9-12,15-17H2,1-6H3. The van der Waals surface area contributed by atoms with Gasteiger partial charge in [0.15, 0.2) is 0 Å². The number of rotatable bonds is 8. The van der Waals surface area contributed by atoms with Gasteiger partial charge in [0.2, 0.25) is 0 Å². The van der Waals surface area contributed by atoms with Crippen molar-refractivity contribution in [3.8, 4) is 5.75 Å². The molecule has 33 heavy (non-hydrogen) atoms. The summed E-state index contributed by atoms with van der Waals surface area (Å²) in [7, 11) is -1.09. The highest BCUT2D eigenvalue weighted by molar-refractivity contribution is 6.76. The number of ether oxygens (including phenoxy) is 3. The van der Waals surface area contributed by atoms with E-state index >= 15 is 0 Å². The van der Waals surface area contributed by atoms with Gasteiger partial charge in [0.05, 0.1) is 11.2 Å². The molecule has 1 aromatic carbocycles. The minimum atomic E-state index is -1.09. The summed E-state index contributed by atoms with van der Waals surface area (Å²) in [6.45, 7) is 15.2. The van der Waals surface area contributed by atoms with E-state index in [9.17, 15) is 4.79 Å². The predicted octanol–water partition coefficient (Wildman–Crippen LogP) is 5.72. The van der Waals surface area contributed by atoms with Crippen LogP contribution in [0.3, 0.4) is 0 Å². The highest BCUT2D eigenvalue weighted by atomic mass is 35.5. The molecule has 0 bridgehead atoms. The second-order valence-electron chi connectivity index (χ2n) is 10.7. The summed E-state index contributed by atoms with van der Waals surface area (Å²) in [6.07, 6.45) is 4.08. The van der Waals surface area contributed by atoms with E-state index in [1.54, 1.807) is 15.8 Å². The Kier molecular flexibility index (Phi) is 8.13. The lowest BCUT2D eigenvalue weighted by Gasteiger charge is -2.31. The Labute approximate surface area is 203 Å². The van der Waals surface area contributed by atoms with Crippen LogP contribution in [0.4, 0.5) is 4.79 Å². The van der Waals surface area contributed by atoms with Gasteiger partial charge in [-0.15, -0.1) is 0 Å². The van der Waals surface area contributed by atoms with E-state index in [0.717, 1.165) is 29.3 Å². The summed E-state index contributed by atoms with van der Waals surface area (Å²) in [6, 6.07) is 4.98. The minimum absolute atomic E-state index is 0.300. The van der Waals surface area contributed by atoms with Crippen LogP contribution in [0.1, 0.15) is 37.5 Å². The van der Waals surface area contributed by atoms with E-state index in [1.165, 1.54) is 0 Å². The Balaban J connectivity index is 1.53. The second kappa shape index (κ2) is 10.5. The molecule has 1 aliphatic heterocycles. The number of fused-ring (bicyclic) bond motifs is 1. The molecule has 7 nitrogen and oxygen atoms in total. The first kappa shape index (κ1) is 25.6. The summed E-state index contributed by atoms with van der Waals surface area (Å²) in [5.74, 6) is 0.639. The molecule has 182 valence electrons. The molecule has 1 aromatic heterocycles. The monoisotopic (exact) mass is 493 g/mol. The molecule has 0 saturated heterocycles. The second-order valence-corrected chi connectivity index (χ2v) is 16.7. The quantitative estimate of drug-likeness (QED) is 0.347. The number of aromatic nitrogens is 2. The molecule has 3 rings (SSSR count). The zero-order valence-electron chi connectivity index (χ0n) is 20.6. The van der Waals surface area contributed by atoms with Crippen molar-refractivity contribution >= 4 is 25.8 Å². The van der Waals surface area contributed by atoms with Crippen molar-refractivity contribution in [3.63, 3.8) is 0 Å². The average molecular weight is 494 g/mol. The van der Waals surface area contributed by atoms with Gasteiger partial charge in [0, 0.05) is 39.5 Å². The fourth-order valence-corrected chi connectivity index (χ4v) is 4.52. The molecule has 0 radical (unpaired) electrons. The molecular weight excluding hydrogens is 458 g/mol. The minimum Gasteiger partial charge on any atom is -0.487 e. The Hall–Kier alpha value is -2.03. The number of nitrogens with zero attached hydrogens (tertiary/aromatic N) is 3. The number of hydrogen-bond donors (Lipinski definition) is 0. The van der Waals surface area contributed by atoms with E-state index < -0.39 is 13.7 Å². The fraction of sp³-hybridized carbons (Fsp3) is 0.583. The summed E-state index contributed by atoms with van der Waals surface area (Å²) < 4.78 is 19.0. The van der Waals surface area contributed by atoms with Crippen LogP contribution in [-0.4, -0.2) is 47.6 Å². The first-order valence-corrected chi connectivity index (χ1v) is 15.5. The van der Waals surface area contributed by atoms with Crippen LogP contribution >= 0.6 is 11.6 Å². The SMILES string of the molecule is CC(C)(C)OC(=O)N1CCc2c(ccc(OCc3cnn(COCC[Si](C)(C)C)c3)c2Cl)C1. The molecule has 0 fully saturated rings. The molecule has 0 spiro atoms. The van der Waals surface area contributed by atoms with Crippen LogP contribution in [0.5, 0.6) is 5.75 Å². The van der Waals surface area contributed by atoms with Gasteiger partial charge in [-0.05, 0) is 50.4 Å². The summed E-state index contributed by atoms with van der Waals surface area (Å²) in [4.78, 5) is 14.1. The Morgan fingerprint density at radius 3 is 2.70 bits per heavy atom. The highest BCUT2D eigenvalue weighted by Crippen LogP contribution is 2.34. The van der Waals surface area contributed by atoms with Gasteiger partial charge in [-0.3, -0.25) is 0 Å². The molecule has 0 unspecified atom stereocenters. The van der Waals surface area contributed by atoms with Gasteiger partial charge < -0.3 is 19.1 Å². The molecule has 2 heterocycles. The van der Waals surface area contributed by atoms with E-state index in [-0.39, 0.29) is 6.09 Å². The van der Waals surface area contributed by atoms with Crippen LogP contribution in [0.25, 0.3) is 0 Å². The molecule has 0 aliphatic carbocycles. The average Bonchev–Trinajstić information content (AvgIpc) is 3.16. The van der Waals surface area contributed by atoms with Crippen molar-refractivity contribution in [3.05, 3.63) is 46.2 Å². The maximum absolute atomic E-state index is 12.4. The summed E-state index contributed by atoms with van der Waals surface area (Å²) in [5.41, 5.74) is 2.49. The number of carbonyl (C=O) groups excluding carboxylic acids is 1. The molecule has 2 aromatic rings. The molecule has 0 saturated carbocycles. The van der Waals surface area contributed by atoms with Gasteiger partial charge >= 0.3 is 6.09 Å². The zero-order valence-corrected chi connectivity index (χ0v) is 22.4. The van der Waals surface area contributed by atoms with Crippen LogP contribution in [0.15, 0.2) is 24.5 Å². The Morgan fingerprint density at radius 1 is 1.24 bits per heavy atom. The molecule has 1 aliphatic rings. The lowest BCUT2D eigenvalue weighted by molar-refractivity contribution is 0.0224. The van der Waals surface area contributed by atoms with Crippen LogP contribution < -0.4 is 4.74 Å². The van der Waals surface area contributed by atoms with Crippen molar-refractivity contribution < 1.29 is 19.0 Å². The largest absolute Gasteiger partial charge is 0.487 e. The topological polar surface area (TPSA) is 65.8 Å². The van der Waals surface area contributed by atoms with Crippen molar-refractivity contribution in [1.29, 1.82) is 0 Å². The third-order valence-electron chi connectivity index (χ3n) is 5.25. The van der Waals surface area contributed by atoms with Crippen molar-refractivity contribution in [2.24, 2.45) is 0 Å². The van der Waals surface area contributed by atoms with Crippen LogP contribution in [-0.2, 0) is 35.8 Å². The molecule has 0 N–H and O–H groups in total. The number of benzene rings is 1. The third-order valence-corrected chi connectivity index (χ3v) is 7.37. The molecule has 0 atom stereocenters.